The summed E-state index contributed by atoms with van der Waals surface area (Å²) in [5.74, 6) is 1.78. The van der Waals surface area contributed by atoms with Crippen LogP contribution in [0.25, 0.3) is 22.4 Å². The lowest BCUT2D eigenvalue weighted by Gasteiger charge is -2.08. The Labute approximate surface area is 166 Å². The lowest BCUT2D eigenvalue weighted by molar-refractivity contribution is 0.0955. The number of aromatic nitrogens is 5. The predicted molar refractivity (Wildman–Crippen MR) is 106 cm³/mol. The van der Waals surface area contributed by atoms with E-state index in [1.54, 1.807) is 6.07 Å². The zero-order valence-electron chi connectivity index (χ0n) is 16.1. The van der Waals surface area contributed by atoms with Gasteiger partial charge in [0.15, 0.2) is 0 Å². The Kier molecular flexibility index (Phi) is 4.31. The summed E-state index contributed by atoms with van der Waals surface area (Å²) in [5.41, 5.74) is 3.11. The molecule has 1 aliphatic heterocycles. The van der Waals surface area contributed by atoms with Gasteiger partial charge < -0.3 is 14.4 Å². The number of hydrogen-bond acceptors (Lipinski definition) is 6. The van der Waals surface area contributed by atoms with E-state index in [-0.39, 0.29) is 5.91 Å². The van der Waals surface area contributed by atoms with Crippen molar-refractivity contribution >= 4 is 17.0 Å². The van der Waals surface area contributed by atoms with Crippen LogP contribution in [0.1, 0.15) is 34.1 Å². The van der Waals surface area contributed by atoms with Crippen molar-refractivity contribution < 1.29 is 9.32 Å². The molecule has 1 amide bonds. The van der Waals surface area contributed by atoms with Crippen LogP contribution in [0.5, 0.6) is 0 Å². The average molecular weight is 388 g/mol. The standard InChI is InChI=1S/C21H20N6O2/c1-13-19-15(12-16(23-21(19)29-26-13)14-6-3-2-4-7-14)20(28)22-10-9-18-25-24-17-8-5-11-27(17)18/h2-4,6-7,12H,5,8-11H2,1H3,(H,22,28). The first-order chi connectivity index (χ1) is 14.2. The summed E-state index contributed by atoms with van der Waals surface area (Å²) in [6.45, 7) is 3.24. The SMILES string of the molecule is Cc1noc2nc(-c3ccccc3)cc(C(=O)NCCc3nnc4n3CCC4)c12. The second-order valence-electron chi connectivity index (χ2n) is 7.16. The maximum Gasteiger partial charge on any atom is 0.259 e. The fourth-order valence-corrected chi connectivity index (χ4v) is 3.81. The number of carbonyl (C=O) groups is 1. The number of nitrogens with one attached hydrogen (secondary N) is 1. The zero-order valence-corrected chi connectivity index (χ0v) is 16.1. The van der Waals surface area contributed by atoms with Crippen LogP contribution in [0.3, 0.4) is 0 Å². The van der Waals surface area contributed by atoms with E-state index in [1.165, 1.54) is 0 Å². The molecule has 0 fully saturated rings. The largest absolute Gasteiger partial charge is 0.352 e. The second-order valence-corrected chi connectivity index (χ2v) is 7.16. The molecule has 8 nitrogen and oxygen atoms in total. The topological polar surface area (TPSA) is 98.7 Å². The molecular formula is C21H20N6O2. The lowest BCUT2D eigenvalue weighted by atomic mass is 10.1. The van der Waals surface area contributed by atoms with Gasteiger partial charge in [0, 0.05) is 31.5 Å². The third-order valence-corrected chi connectivity index (χ3v) is 5.25. The van der Waals surface area contributed by atoms with E-state index in [0.717, 1.165) is 36.6 Å². The van der Waals surface area contributed by atoms with E-state index in [2.05, 4.69) is 30.2 Å². The number of fused-ring (bicyclic) bond motifs is 2. The van der Waals surface area contributed by atoms with Crippen LogP contribution >= 0.6 is 0 Å². The van der Waals surface area contributed by atoms with E-state index in [4.69, 9.17) is 4.52 Å². The molecule has 8 heteroatoms. The lowest BCUT2D eigenvalue weighted by Crippen LogP contribution is -2.27. The molecule has 5 rings (SSSR count). The van der Waals surface area contributed by atoms with Gasteiger partial charge in [-0.15, -0.1) is 10.2 Å². The third-order valence-electron chi connectivity index (χ3n) is 5.25. The molecular weight excluding hydrogens is 368 g/mol. The van der Waals surface area contributed by atoms with Gasteiger partial charge in [-0.3, -0.25) is 4.79 Å². The van der Waals surface area contributed by atoms with Crippen LogP contribution < -0.4 is 5.32 Å². The van der Waals surface area contributed by atoms with Crippen molar-refractivity contribution in [2.45, 2.75) is 32.7 Å². The molecule has 0 atom stereocenters. The number of pyridine rings is 1. The van der Waals surface area contributed by atoms with Gasteiger partial charge in [-0.05, 0) is 19.4 Å². The Hall–Kier alpha value is -3.55. The van der Waals surface area contributed by atoms with E-state index in [0.29, 0.717) is 41.0 Å². The molecule has 4 aromatic rings. The number of amides is 1. The Morgan fingerprint density at radius 3 is 2.97 bits per heavy atom. The van der Waals surface area contributed by atoms with Gasteiger partial charge in [-0.2, -0.15) is 0 Å². The van der Waals surface area contributed by atoms with Crippen LogP contribution in [0.4, 0.5) is 0 Å². The van der Waals surface area contributed by atoms with Crippen molar-refractivity contribution in [3.05, 3.63) is 59.3 Å². The molecule has 0 saturated heterocycles. The highest BCUT2D eigenvalue weighted by molar-refractivity contribution is 6.07. The van der Waals surface area contributed by atoms with E-state index in [9.17, 15) is 4.79 Å². The quantitative estimate of drug-likeness (QED) is 0.564. The third kappa shape index (κ3) is 3.16. The summed E-state index contributed by atoms with van der Waals surface area (Å²) < 4.78 is 7.50. The summed E-state index contributed by atoms with van der Waals surface area (Å²) in [5, 5.41) is 16.1. The molecule has 29 heavy (non-hydrogen) atoms. The van der Waals surface area contributed by atoms with Gasteiger partial charge in [-0.1, -0.05) is 35.5 Å². The molecule has 0 unspecified atom stereocenters. The van der Waals surface area contributed by atoms with Crippen LogP contribution in [0.2, 0.25) is 0 Å². The van der Waals surface area contributed by atoms with Gasteiger partial charge in [0.05, 0.1) is 22.3 Å². The zero-order chi connectivity index (χ0) is 19.8. The predicted octanol–water partition coefficient (Wildman–Crippen LogP) is 2.71. The van der Waals surface area contributed by atoms with Gasteiger partial charge in [0.25, 0.3) is 11.6 Å². The van der Waals surface area contributed by atoms with Gasteiger partial charge in [0.2, 0.25) is 0 Å². The molecule has 0 bridgehead atoms. The van der Waals surface area contributed by atoms with Crippen molar-refractivity contribution in [2.75, 3.05) is 6.54 Å². The normalized spacial score (nSPS) is 13.0. The number of carbonyl (C=O) groups excluding carboxylic acids is 1. The van der Waals surface area contributed by atoms with Crippen LogP contribution in [-0.4, -0.2) is 37.4 Å². The smallest absolute Gasteiger partial charge is 0.259 e. The minimum Gasteiger partial charge on any atom is -0.352 e. The average Bonchev–Trinajstić information content (AvgIpc) is 3.45. The summed E-state index contributed by atoms with van der Waals surface area (Å²) in [6, 6.07) is 11.5. The minimum absolute atomic E-state index is 0.179. The number of aryl methyl sites for hydroxylation is 2. The van der Waals surface area contributed by atoms with Crippen LogP contribution in [0, 0.1) is 6.92 Å². The fraction of sp³-hybridized carbons (Fsp3) is 0.286. The van der Waals surface area contributed by atoms with Crippen LogP contribution in [-0.2, 0) is 19.4 Å². The Morgan fingerprint density at radius 2 is 2.10 bits per heavy atom. The van der Waals surface area contributed by atoms with Crippen molar-refractivity contribution in [3.8, 4) is 11.3 Å². The second kappa shape index (κ2) is 7.12. The molecule has 146 valence electrons. The molecule has 3 aromatic heterocycles. The molecule has 1 aromatic carbocycles. The van der Waals surface area contributed by atoms with E-state index < -0.39 is 0 Å². The van der Waals surface area contributed by atoms with Gasteiger partial charge >= 0.3 is 0 Å². The summed E-state index contributed by atoms with van der Waals surface area (Å²) in [4.78, 5) is 17.5. The Balaban J connectivity index is 1.40. The minimum atomic E-state index is -0.179. The van der Waals surface area contributed by atoms with Gasteiger partial charge in [-0.25, -0.2) is 4.98 Å². The maximum atomic E-state index is 13.0. The first-order valence-corrected chi connectivity index (χ1v) is 9.72. The molecule has 0 spiro atoms. The first kappa shape index (κ1) is 17.5. The molecule has 0 aliphatic carbocycles. The van der Waals surface area contributed by atoms with E-state index >= 15 is 0 Å². The molecule has 0 radical (unpaired) electrons. The highest BCUT2D eigenvalue weighted by Gasteiger charge is 2.20. The Bertz CT molecular complexity index is 1190. The molecule has 0 saturated carbocycles. The summed E-state index contributed by atoms with van der Waals surface area (Å²) >= 11 is 0. The first-order valence-electron chi connectivity index (χ1n) is 9.72. The number of nitrogens with zero attached hydrogens (tertiary/aromatic N) is 5. The van der Waals surface area contributed by atoms with Gasteiger partial charge in [0.1, 0.15) is 11.6 Å². The molecule has 4 heterocycles. The number of hydrogen-bond donors (Lipinski definition) is 1. The van der Waals surface area contributed by atoms with Crippen LogP contribution in [0.15, 0.2) is 40.9 Å². The molecule has 1 N–H and O–H groups in total. The van der Waals surface area contributed by atoms with Crippen molar-refractivity contribution in [3.63, 3.8) is 0 Å². The van der Waals surface area contributed by atoms with Crippen molar-refractivity contribution in [1.29, 1.82) is 0 Å². The highest BCUT2D eigenvalue weighted by Crippen LogP contribution is 2.27. The fourth-order valence-electron chi connectivity index (χ4n) is 3.81. The molecule has 1 aliphatic rings. The summed E-state index contributed by atoms with van der Waals surface area (Å²) in [7, 11) is 0. The van der Waals surface area contributed by atoms with Crippen molar-refractivity contribution in [1.82, 2.24) is 30.2 Å². The highest BCUT2D eigenvalue weighted by atomic mass is 16.5. The monoisotopic (exact) mass is 388 g/mol. The maximum absolute atomic E-state index is 13.0. The summed E-state index contributed by atoms with van der Waals surface area (Å²) in [6.07, 6.45) is 2.72. The Morgan fingerprint density at radius 1 is 1.24 bits per heavy atom. The van der Waals surface area contributed by atoms with E-state index in [1.807, 2.05) is 37.3 Å². The van der Waals surface area contributed by atoms with Crippen molar-refractivity contribution in [2.24, 2.45) is 0 Å². The number of benzene rings is 1. The number of rotatable bonds is 5.